The molecular formula is C21H22N4O2. The zero-order valence-corrected chi connectivity index (χ0v) is 15.2. The van der Waals surface area contributed by atoms with Crippen LogP contribution in [0.2, 0.25) is 0 Å². The van der Waals surface area contributed by atoms with Crippen LogP contribution in [0.15, 0.2) is 59.5 Å². The molecule has 0 bridgehead atoms. The Balaban J connectivity index is 1.45. The molecular weight excluding hydrogens is 340 g/mol. The number of nitrogens with zero attached hydrogens (tertiary/aromatic N) is 2. The molecule has 0 unspecified atom stereocenters. The molecule has 0 saturated carbocycles. The molecule has 3 aromatic rings. The molecule has 27 heavy (non-hydrogen) atoms. The van der Waals surface area contributed by atoms with Crippen LogP contribution in [-0.4, -0.2) is 42.1 Å². The smallest absolute Gasteiger partial charge is 0.322 e. The summed E-state index contributed by atoms with van der Waals surface area (Å²) in [7, 11) is 0. The van der Waals surface area contributed by atoms with E-state index >= 15 is 0 Å². The first-order valence-electron chi connectivity index (χ1n) is 9.10. The first kappa shape index (κ1) is 17.1. The van der Waals surface area contributed by atoms with Gasteiger partial charge in [0.2, 0.25) is 5.43 Å². The van der Waals surface area contributed by atoms with Gasteiger partial charge in [-0.1, -0.05) is 30.3 Å². The Kier molecular flexibility index (Phi) is 4.54. The minimum atomic E-state index is -0.236. The lowest BCUT2D eigenvalue weighted by atomic mass is 10.1. The van der Waals surface area contributed by atoms with Crippen LogP contribution in [-0.2, 0) is 0 Å². The van der Waals surface area contributed by atoms with E-state index in [1.54, 1.807) is 17.2 Å². The van der Waals surface area contributed by atoms with Gasteiger partial charge in [-0.15, -0.1) is 0 Å². The molecule has 2 N–H and O–H groups in total. The quantitative estimate of drug-likeness (QED) is 0.736. The van der Waals surface area contributed by atoms with E-state index in [9.17, 15) is 9.59 Å². The van der Waals surface area contributed by atoms with E-state index in [0.717, 1.165) is 24.2 Å². The number of carbonyl (C=O) groups excluding carboxylic acids is 1. The van der Waals surface area contributed by atoms with Crippen LogP contribution in [0.3, 0.4) is 0 Å². The lowest BCUT2D eigenvalue weighted by molar-refractivity contribution is 0.208. The van der Waals surface area contributed by atoms with Crippen molar-refractivity contribution in [3.8, 4) is 0 Å². The molecule has 1 saturated heterocycles. The van der Waals surface area contributed by atoms with Crippen molar-refractivity contribution in [1.29, 1.82) is 0 Å². The van der Waals surface area contributed by atoms with E-state index in [2.05, 4.69) is 27.3 Å². The average molecular weight is 362 g/mol. The summed E-state index contributed by atoms with van der Waals surface area (Å²) in [6.45, 7) is 4.72. The maximum Gasteiger partial charge on any atom is 0.322 e. The zero-order chi connectivity index (χ0) is 18.8. The second-order valence-corrected chi connectivity index (χ2v) is 6.77. The Morgan fingerprint density at radius 2 is 1.74 bits per heavy atom. The molecule has 1 aromatic heterocycles. The first-order chi connectivity index (χ1) is 13.1. The number of benzene rings is 2. The van der Waals surface area contributed by atoms with Gasteiger partial charge in [-0.3, -0.25) is 4.79 Å². The number of anilines is 2. The number of fused-ring (bicyclic) bond motifs is 1. The fourth-order valence-corrected chi connectivity index (χ4v) is 3.50. The molecule has 0 atom stereocenters. The molecule has 2 aromatic carbocycles. The predicted octanol–water partition coefficient (Wildman–Crippen LogP) is 3.19. The van der Waals surface area contributed by atoms with Gasteiger partial charge in [-0.2, -0.15) is 0 Å². The van der Waals surface area contributed by atoms with Gasteiger partial charge in [0.05, 0.1) is 5.52 Å². The summed E-state index contributed by atoms with van der Waals surface area (Å²) in [6.07, 6.45) is 1.58. The van der Waals surface area contributed by atoms with Crippen molar-refractivity contribution in [2.45, 2.75) is 6.92 Å². The number of nitrogens with one attached hydrogen (secondary N) is 2. The number of H-pyrrole nitrogens is 1. The number of aromatic nitrogens is 1. The summed E-state index contributed by atoms with van der Waals surface area (Å²) in [4.78, 5) is 32.4. The maximum atomic E-state index is 12.7. The van der Waals surface area contributed by atoms with E-state index in [1.807, 2.05) is 37.3 Å². The Bertz CT molecular complexity index is 1020. The summed E-state index contributed by atoms with van der Waals surface area (Å²) in [5.41, 5.74) is 3.09. The molecule has 0 aliphatic carbocycles. The molecule has 2 amide bonds. The number of urea groups is 1. The van der Waals surface area contributed by atoms with Gasteiger partial charge >= 0.3 is 6.03 Å². The van der Waals surface area contributed by atoms with Crippen molar-refractivity contribution in [2.24, 2.45) is 0 Å². The number of carbonyl (C=O) groups is 1. The van der Waals surface area contributed by atoms with Crippen molar-refractivity contribution in [1.82, 2.24) is 9.88 Å². The second kappa shape index (κ2) is 7.15. The third-order valence-corrected chi connectivity index (χ3v) is 5.05. The summed E-state index contributed by atoms with van der Waals surface area (Å²) in [6, 6.07) is 15.5. The molecule has 4 rings (SSSR count). The number of pyridine rings is 1. The third-order valence-electron chi connectivity index (χ3n) is 5.05. The highest BCUT2D eigenvalue weighted by molar-refractivity contribution is 5.92. The Hall–Kier alpha value is -3.28. The van der Waals surface area contributed by atoms with Gasteiger partial charge in [-0.25, -0.2) is 4.79 Å². The van der Waals surface area contributed by atoms with Crippen LogP contribution in [0.5, 0.6) is 0 Å². The van der Waals surface area contributed by atoms with E-state index in [4.69, 9.17) is 0 Å². The number of para-hydroxylation sites is 2. The molecule has 1 fully saturated rings. The van der Waals surface area contributed by atoms with E-state index < -0.39 is 0 Å². The van der Waals surface area contributed by atoms with Gasteiger partial charge in [0, 0.05) is 43.4 Å². The fraction of sp³-hybridized carbons (Fsp3) is 0.238. The Morgan fingerprint density at radius 1 is 1.00 bits per heavy atom. The molecule has 6 heteroatoms. The standard InChI is InChI=1S/C21H22N4O2/c1-15-6-5-9-17-19(15)22-14-18(20(17)26)23-21(27)25-12-10-24(11-13-25)16-7-3-2-4-8-16/h2-9,14H,10-13H2,1H3,(H,22,26)(H,23,27). The molecule has 0 spiro atoms. The van der Waals surface area contributed by atoms with Crippen LogP contribution in [0.1, 0.15) is 5.56 Å². The molecule has 6 nitrogen and oxygen atoms in total. The highest BCUT2D eigenvalue weighted by Crippen LogP contribution is 2.17. The number of aromatic amines is 1. The van der Waals surface area contributed by atoms with Crippen molar-refractivity contribution < 1.29 is 4.79 Å². The molecule has 138 valence electrons. The van der Waals surface area contributed by atoms with E-state index in [0.29, 0.717) is 18.5 Å². The summed E-state index contributed by atoms with van der Waals surface area (Å²) in [5, 5.41) is 3.36. The summed E-state index contributed by atoms with van der Waals surface area (Å²) < 4.78 is 0. The van der Waals surface area contributed by atoms with Crippen molar-refractivity contribution in [3.63, 3.8) is 0 Å². The SMILES string of the molecule is Cc1cccc2c(=O)c(NC(=O)N3CCN(c4ccccc4)CC3)c[nH]c12. The van der Waals surface area contributed by atoms with Gasteiger partial charge < -0.3 is 20.1 Å². The molecule has 1 aliphatic heterocycles. The van der Waals surface area contributed by atoms with E-state index in [-0.39, 0.29) is 17.1 Å². The van der Waals surface area contributed by atoms with E-state index in [1.165, 1.54) is 5.69 Å². The van der Waals surface area contributed by atoms with Crippen molar-refractivity contribution in [2.75, 3.05) is 36.4 Å². The molecule has 1 aliphatic rings. The number of hydrogen-bond acceptors (Lipinski definition) is 3. The Labute approximate surface area is 157 Å². The third kappa shape index (κ3) is 3.38. The lowest BCUT2D eigenvalue weighted by Crippen LogP contribution is -2.50. The largest absolute Gasteiger partial charge is 0.368 e. The van der Waals surface area contributed by atoms with Crippen LogP contribution in [0.4, 0.5) is 16.2 Å². The highest BCUT2D eigenvalue weighted by atomic mass is 16.2. The monoisotopic (exact) mass is 362 g/mol. The number of amides is 2. The van der Waals surface area contributed by atoms with Crippen molar-refractivity contribution >= 4 is 28.3 Å². The number of aryl methyl sites for hydroxylation is 1. The van der Waals surface area contributed by atoms with Gasteiger partial charge in [0.25, 0.3) is 0 Å². The van der Waals surface area contributed by atoms with Crippen LogP contribution < -0.4 is 15.6 Å². The summed E-state index contributed by atoms with van der Waals surface area (Å²) >= 11 is 0. The molecule has 2 heterocycles. The van der Waals surface area contributed by atoms with Gasteiger partial charge in [0.1, 0.15) is 5.69 Å². The number of piperazine rings is 1. The normalized spacial score (nSPS) is 14.4. The summed E-state index contributed by atoms with van der Waals surface area (Å²) in [5.74, 6) is 0. The van der Waals surface area contributed by atoms with Crippen LogP contribution in [0.25, 0.3) is 10.9 Å². The molecule has 0 radical (unpaired) electrons. The topological polar surface area (TPSA) is 68.4 Å². The van der Waals surface area contributed by atoms with Crippen LogP contribution >= 0.6 is 0 Å². The number of rotatable bonds is 2. The zero-order valence-electron chi connectivity index (χ0n) is 15.2. The Morgan fingerprint density at radius 3 is 2.48 bits per heavy atom. The minimum Gasteiger partial charge on any atom is -0.368 e. The van der Waals surface area contributed by atoms with Gasteiger partial charge in [-0.05, 0) is 30.7 Å². The first-order valence-corrected chi connectivity index (χ1v) is 9.10. The van der Waals surface area contributed by atoms with Crippen molar-refractivity contribution in [3.05, 3.63) is 70.5 Å². The average Bonchev–Trinajstić information content (AvgIpc) is 2.71. The fourth-order valence-electron chi connectivity index (χ4n) is 3.50. The minimum absolute atomic E-state index is 0.163. The predicted molar refractivity (Wildman–Crippen MR) is 109 cm³/mol. The second-order valence-electron chi connectivity index (χ2n) is 6.77. The highest BCUT2D eigenvalue weighted by Gasteiger charge is 2.22. The lowest BCUT2D eigenvalue weighted by Gasteiger charge is -2.36. The maximum absolute atomic E-state index is 12.7. The number of hydrogen-bond donors (Lipinski definition) is 2. The van der Waals surface area contributed by atoms with Gasteiger partial charge in [0.15, 0.2) is 0 Å². The van der Waals surface area contributed by atoms with Crippen LogP contribution in [0, 0.1) is 6.92 Å².